The van der Waals surface area contributed by atoms with Crippen molar-refractivity contribution in [3.8, 4) is 0 Å². The van der Waals surface area contributed by atoms with Crippen LogP contribution in [0.4, 0.5) is 4.79 Å². The first kappa shape index (κ1) is 10.7. The maximum atomic E-state index is 10.9. The van der Waals surface area contributed by atoms with Gasteiger partial charge in [-0.1, -0.05) is 13.8 Å². The molecule has 1 unspecified atom stereocenters. The van der Waals surface area contributed by atoms with Crippen LogP contribution in [-0.4, -0.2) is 52.7 Å². The molecule has 0 spiro atoms. The SMILES string of the molecule is CCN(CC)C1C[C@H]2C[C@@H]1CN2C(=O)O. The van der Waals surface area contributed by atoms with Crippen LogP contribution in [0, 0.1) is 5.92 Å². The molecule has 0 aromatic carbocycles. The summed E-state index contributed by atoms with van der Waals surface area (Å²) in [5, 5.41) is 8.99. The molecule has 2 rings (SSSR count). The Morgan fingerprint density at radius 1 is 1.40 bits per heavy atom. The Labute approximate surface area is 90.9 Å². The van der Waals surface area contributed by atoms with Crippen LogP contribution in [0.15, 0.2) is 0 Å². The fourth-order valence-electron chi connectivity index (χ4n) is 3.30. The van der Waals surface area contributed by atoms with E-state index >= 15 is 0 Å². The molecule has 0 aromatic rings. The molecule has 2 fully saturated rings. The molecule has 1 saturated heterocycles. The number of fused-ring (bicyclic) bond motifs is 2. The Balaban J connectivity index is 1.99. The molecule has 86 valence electrons. The lowest BCUT2D eigenvalue weighted by atomic mass is 10.0. The van der Waals surface area contributed by atoms with Crippen LogP contribution in [0.3, 0.4) is 0 Å². The molecule has 1 heterocycles. The van der Waals surface area contributed by atoms with E-state index in [4.69, 9.17) is 5.11 Å². The van der Waals surface area contributed by atoms with Crippen molar-refractivity contribution in [2.75, 3.05) is 19.6 Å². The van der Waals surface area contributed by atoms with Crippen LogP contribution in [0.2, 0.25) is 0 Å². The molecular weight excluding hydrogens is 192 g/mol. The van der Waals surface area contributed by atoms with Gasteiger partial charge in [0.2, 0.25) is 0 Å². The third-order valence-electron chi connectivity index (χ3n) is 4.03. The van der Waals surface area contributed by atoms with Gasteiger partial charge in [-0.2, -0.15) is 0 Å². The third kappa shape index (κ3) is 1.71. The lowest BCUT2D eigenvalue weighted by Crippen LogP contribution is -2.47. The summed E-state index contributed by atoms with van der Waals surface area (Å²) >= 11 is 0. The van der Waals surface area contributed by atoms with Gasteiger partial charge in [0.1, 0.15) is 0 Å². The maximum absolute atomic E-state index is 10.9. The van der Waals surface area contributed by atoms with Crippen molar-refractivity contribution < 1.29 is 9.90 Å². The average Bonchev–Trinajstić information content (AvgIpc) is 2.78. The van der Waals surface area contributed by atoms with Gasteiger partial charge in [-0.15, -0.1) is 0 Å². The van der Waals surface area contributed by atoms with E-state index in [1.54, 1.807) is 4.90 Å². The standard InChI is InChI=1S/C11H20N2O2/c1-3-12(4-2)10-6-9-5-8(10)7-13(9)11(14)15/h8-10H,3-7H2,1-2H3,(H,14,15)/t8-,9-,10?/m1/s1. The van der Waals surface area contributed by atoms with Crippen LogP contribution < -0.4 is 0 Å². The first-order valence-electron chi connectivity index (χ1n) is 5.91. The van der Waals surface area contributed by atoms with E-state index in [-0.39, 0.29) is 6.04 Å². The van der Waals surface area contributed by atoms with Gasteiger partial charge in [-0.05, 0) is 31.8 Å². The van der Waals surface area contributed by atoms with Crippen LogP contribution in [0.1, 0.15) is 26.7 Å². The minimum absolute atomic E-state index is 0.290. The Morgan fingerprint density at radius 2 is 2.07 bits per heavy atom. The van der Waals surface area contributed by atoms with E-state index in [1.165, 1.54) is 0 Å². The molecule has 1 aliphatic heterocycles. The number of carbonyl (C=O) groups is 1. The van der Waals surface area contributed by atoms with E-state index in [0.29, 0.717) is 12.0 Å². The Bertz CT molecular complexity index is 253. The smallest absolute Gasteiger partial charge is 0.407 e. The molecule has 1 aliphatic carbocycles. The zero-order valence-electron chi connectivity index (χ0n) is 9.52. The number of carboxylic acid groups (broad SMARTS) is 1. The van der Waals surface area contributed by atoms with Gasteiger partial charge in [0.15, 0.2) is 0 Å². The molecule has 1 N–H and O–H groups in total. The normalized spacial score (nSPS) is 34.1. The monoisotopic (exact) mass is 212 g/mol. The van der Waals surface area contributed by atoms with E-state index in [0.717, 1.165) is 32.5 Å². The van der Waals surface area contributed by atoms with E-state index < -0.39 is 6.09 Å². The predicted octanol–water partition coefficient (Wildman–Crippen LogP) is 1.47. The number of piperidine rings is 1. The van der Waals surface area contributed by atoms with Gasteiger partial charge in [-0.3, -0.25) is 0 Å². The second-order valence-electron chi connectivity index (χ2n) is 4.61. The summed E-state index contributed by atoms with van der Waals surface area (Å²) in [5.74, 6) is 0.575. The zero-order chi connectivity index (χ0) is 11.0. The predicted molar refractivity (Wildman–Crippen MR) is 58.0 cm³/mol. The molecular formula is C11H20N2O2. The molecule has 1 saturated carbocycles. The number of amides is 1. The first-order chi connectivity index (χ1) is 7.17. The number of nitrogens with zero attached hydrogens (tertiary/aromatic N) is 2. The van der Waals surface area contributed by atoms with E-state index in [2.05, 4.69) is 18.7 Å². The van der Waals surface area contributed by atoms with Crippen LogP contribution in [-0.2, 0) is 0 Å². The molecule has 1 amide bonds. The largest absolute Gasteiger partial charge is 0.465 e. The molecule has 2 aliphatic rings. The molecule has 15 heavy (non-hydrogen) atoms. The summed E-state index contributed by atoms with van der Waals surface area (Å²) in [6, 6.07) is 0.915. The number of hydrogen-bond acceptors (Lipinski definition) is 2. The van der Waals surface area contributed by atoms with E-state index in [1.807, 2.05) is 0 Å². The Hall–Kier alpha value is -0.770. The van der Waals surface area contributed by atoms with Gasteiger partial charge in [-0.25, -0.2) is 4.79 Å². The summed E-state index contributed by atoms with van der Waals surface area (Å²) in [4.78, 5) is 15.0. The molecule has 2 bridgehead atoms. The average molecular weight is 212 g/mol. The van der Waals surface area contributed by atoms with Gasteiger partial charge in [0.05, 0.1) is 0 Å². The highest BCUT2D eigenvalue weighted by Gasteiger charge is 2.47. The number of hydrogen-bond donors (Lipinski definition) is 1. The first-order valence-corrected chi connectivity index (χ1v) is 5.91. The minimum Gasteiger partial charge on any atom is -0.465 e. The second kappa shape index (κ2) is 4.00. The summed E-state index contributed by atoms with van der Waals surface area (Å²) in [5.41, 5.74) is 0. The summed E-state index contributed by atoms with van der Waals surface area (Å²) < 4.78 is 0. The fraction of sp³-hybridized carbons (Fsp3) is 0.909. The molecule has 4 heteroatoms. The molecule has 0 aromatic heterocycles. The van der Waals surface area contributed by atoms with Crippen molar-refractivity contribution in [3.05, 3.63) is 0 Å². The van der Waals surface area contributed by atoms with Gasteiger partial charge < -0.3 is 14.9 Å². The third-order valence-corrected chi connectivity index (χ3v) is 4.03. The van der Waals surface area contributed by atoms with Gasteiger partial charge >= 0.3 is 6.09 Å². The van der Waals surface area contributed by atoms with Crippen LogP contribution >= 0.6 is 0 Å². The quantitative estimate of drug-likeness (QED) is 0.770. The van der Waals surface area contributed by atoms with E-state index in [9.17, 15) is 4.79 Å². The fourth-order valence-corrected chi connectivity index (χ4v) is 3.30. The van der Waals surface area contributed by atoms with Crippen molar-refractivity contribution >= 4 is 6.09 Å². The Kier molecular flexibility index (Phi) is 2.87. The highest BCUT2D eigenvalue weighted by atomic mass is 16.4. The van der Waals surface area contributed by atoms with Crippen molar-refractivity contribution in [2.24, 2.45) is 5.92 Å². The second-order valence-corrected chi connectivity index (χ2v) is 4.61. The van der Waals surface area contributed by atoms with Crippen molar-refractivity contribution in [1.82, 2.24) is 9.80 Å². The lowest BCUT2D eigenvalue weighted by Gasteiger charge is -2.36. The van der Waals surface area contributed by atoms with Gasteiger partial charge in [0.25, 0.3) is 0 Å². The topological polar surface area (TPSA) is 43.8 Å². The highest BCUT2D eigenvalue weighted by Crippen LogP contribution is 2.40. The van der Waals surface area contributed by atoms with Crippen LogP contribution in [0.25, 0.3) is 0 Å². The van der Waals surface area contributed by atoms with Crippen molar-refractivity contribution in [2.45, 2.75) is 38.8 Å². The summed E-state index contributed by atoms with van der Waals surface area (Å²) in [6.45, 7) is 7.28. The minimum atomic E-state index is -0.736. The van der Waals surface area contributed by atoms with Crippen molar-refractivity contribution in [3.63, 3.8) is 0 Å². The molecule has 4 nitrogen and oxygen atoms in total. The Morgan fingerprint density at radius 3 is 2.47 bits per heavy atom. The van der Waals surface area contributed by atoms with Gasteiger partial charge in [0, 0.05) is 18.6 Å². The lowest BCUT2D eigenvalue weighted by molar-refractivity contribution is 0.0950. The molecule has 0 radical (unpaired) electrons. The zero-order valence-corrected chi connectivity index (χ0v) is 9.52. The number of rotatable bonds is 3. The summed E-state index contributed by atoms with van der Waals surface area (Å²) in [6.07, 6.45) is 1.38. The maximum Gasteiger partial charge on any atom is 0.407 e. The molecule has 3 atom stereocenters. The summed E-state index contributed by atoms with van der Waals surface area (Å²) in [7, 11) is 0. The highest BCUT2D eigenvalue weighted by molar-refractivity contribution is 5.66. The van der Waals surface area contributed by atoms with Crippen molar-refractivity contribution in [1.29, 1.82) is 0 Å². The number of likely N-dealkylation sites (tertiary alicyclic amines) is 1. The van der Waals surface area contributed by atoms with Crippen LogP contribution in [0.5, 0.6) is 0 Å².